The Balaban J connectivity index is 1.75. The van der Waals surface area contributed by atoms with Gasteiger partial charge in [0.15, 0.2) is 11.5 Å². The van der Waals surface area contributed by atoms with Gasteiger partial charge in [-0.05, 0) is 32.4 Å². The summed E-state index contributed by atoms with van der Waals surface area (Å²) in [5.74, 6) is 1.91. The number of nitrogens with zero attached hydrogens (tertiary/aromatic N) is 1. The van der Waals surface area contributed by atoms with Gasteiger partial charge in [-0.2, -0.15) is 0 Å². The second-order valence-electron chi connectivity index (χ2n) is 5.25. The van der Waals surface area contributed by atoms with Gasteiger partial charge < -0.3 is 19.9 Å². The average molecular weight is 294 g/mol. The van der Waals surface area contributed by atoms with Crippen molar-refractivity contribution in [1.29, 1.82) is 0 Å². The van der Waals surface area contributed by atoms with Crippen molar-refractivity contribution < 1.29 is 19.0 Å². The van der Waals surface area contributed by atoms with Gasteiger partial charge in [0.05, 0.1) is 13.2 Å². The molecule has 0 saturated heterocycles. The molecule has 1 aromatic carbocycles. The molecule has 1 aromatic rings. The van der Waals surface area contributed by atoms with Gasteiger partial charge in [-0.3, -0.25) is 9.69 Å². The van der Waals surface area contributed by atoms with Gasteiger partial charge in [0.1, 0.15) is 5.75 Å². The number of primary amides is 1. The highest BCUT2D eigenvalue weighted by Gasteiger charge is 2.14. The second kappa shape index (κ2) is 7.17. The van der Waals surface area contributed by atoms with E-state index >= 15 is 0 Å². The fourth-order valence-electron chi connectivity index (χ4n) is 2.14. The zero-order valence-electron chi connectivity index (χ0n) is 12.5. The topological polar surface area (TPSA) is 74.0 Å². The normalized spacial score (nSPS) is 13.0. The summed E-state index contributed by atoms with van der Waals surface area (Å²) in [4.78, 5) is 13.0. The number of benzene rings is 1. The predicted octanol–water partition coefficient (Wildman–Crippen LogP) is 1.38. The van der Waals surface area contributed by atoms with Crippen LogP contribution >= 0.6 is 0 Å². The molecule has 1 heterocycles. The number of hydrogen-bond acceptors (Lipinski definition) is 5. The van der Waals surface area contributed by atoms with E-state index in [2.05, 4.69) is 0 Å². The van der Waals surface area contributed by atoms with Crippen LogP contribution in [0.5, 0.6) is 17.2 Å². The lowest BCUT2D eigenvalue weighted by atomic mass is 10.2. The summed E-state index contributed by atoms with van der Waals surface area (Å²) in [5, 5.41) is 0. The van der Waals surface area contributed by atoms with Crippen molar-refractivity contribution in [3.8, 4) is 17.2 Å². The first kappa shape index (κ1) is 15.4. The van der Waals surface area contributed by atoms with Crippen LogP contribution in [0.4, 0.5) is 0 Å². The molecule has 6 heteroatoms. The van der Waals surface area contributed by atoms with Crippen LogP contribution in [0, 0.1) is 0 Å². The number of hydrogen-bond donors (Lipinski definition) is 1. The number of fused-ring (bicyclic) bond motifs is 1. The lowest BCUT2D eigenvalue weighted by molar-refractivity contribution is -0.119. The molecule has 0 aliphatic carbocycles. The molecule has 21 heavy (non-hydrogen) atoms. The highest BCUT2D eigenvalue weighted by Crippen LogP contribution is 2.35. The molecule has 0 spiro atoms. The number of rotatable bonds is 8. The third-order valence-corrected chi connectivity index (χ3v) is 3.29. The molecule has 0 bridgehead atoms. The Labute approximate surface area is 124 Å². The van der Waals surface area contributed by atoms with E-state index in [4.69, 9.17) is 19.9 Å². The quantitative estimate of drug-likeness (QED) is 0.733. The van der Waals surface area contributed by atoms with Crippen LogP contribution in [-0.4, -0.2) is 43.3 Å². The van der Waals surface area contributed by atoms with E-state index in [1.165, 1.54) is 0 Å². The SMILES string of the molecule is CC(C)N(CCCOc1ccc2c(c1)OCO2)CC(N)=O. The van der Waals surface area contributed by atoms with Gasteiger partial charge in [0.2, 0.25) is 12.7 Å². The lowest BCUT2D eigenvalue weighted by Gasteiger charge is -2.24. The minimum absolute atomic E-state index is 0.259. The maximum atomic E-state index is 11.0. The monoisotopic (exact) mass is 294 g/mol. The zero-order valence-corrected chi connectivity index (χ0v) is 12.5. The Bertz CT molecular complexity index is 491. The second-order valence-corrected chi connectivity index (χ2v) is 5.25. The van der Waals surface area contributed by atoms with Crippen LogP contribution in [0.1, 0.15) is 20.3 Å². The smallest absolute Gasteiger partial charge is 0.231 e. The molecule has 0 fully saturated rings. The van der Waals surface area contributed by atoms with Crippen molar-refractivity contribution in [1.82, 2.24) is 4.90 Å². The number of carbonyl (C=O) groups excluding carboxylic acids is 1. The van der Waals surface area contributed by atoms with Crippen LogP contribution in [-0.2, 0) is 4.79 Å². The minimum atomic E-state index is -0.305. The molecule has 0 unspecified atom stereocenters. The fourth-order valence-corrected chi connectivity index (χ4v) is 2.14. The van der Waals surface area contributed by atoms with E-state index in [9.17, 15) is 4.79 Å². The van der Waals surface area contributed by atoms with Crippen LogP contribution in [0.15, 0.2) is 18.2 Å². The molecule has 1 aliphatic rings. The van der Waals surface area contributed by atoms with Crippen LogP contribution in [0.3, 0.4) is 0 Å². The van der Waals surface area contributed by atoms with Gasteiger partial charge in [0, 0.05) is 18.7 Å². The van der Waals surface area contributed by atoms with Crippen molar-refractivity contribution in [3.05, 3.63) is 18.2 Å². The Morgan fingerprint density at radius 2 is 2.14 bits per heavy atom. The first-order valence-electron chi connectivity index (χ1n) is 7.11. The molecule has 1 amide bonds. The van der Waals surface area contributed by atoms with E-state index in [-0.39, 0.29) is 25.3 Å². The summed E-state index contributed by atoms with van der Waals surface area (Å²) in [6, 6.07) is 5.80. The number of nitrogens with two attached hydrogens (primary N) is 1. The molecule has 6 nitrogen and oxygen atoms in total. The van der Waals surface area contributed by atoms with Gasteiger partial charge in [-0.1, -0.05) is 0 Å². The highest BCUT2D eigenvalue weighted by molar-refractivity contribution is 5.75. The van der Waals surface area contributed by atoms with Crippen molar-refractivity contribution in [2.75, 3.05) is 26.5 Å². The van der Waals surface area contributed by atoms with Gasteiger partial charge >= 0.3 is 0 Å². The Morgan fingerprint density at radius 3 is 2.86 bits per heavy atom. The Hall–Kier alpha value is -1.95. The molecule has 2 rings (SSSR count). The molecule has 0 aromatic heterocycles. The summed E-state index contributed by atoms with van der Waals surface area (Å²) < 4.78 is 16.2. The molecule has 0 atom stereocenters. The van der Waals surface area contributed by atoms with Gasteiger partial charge in [-0.15, -0.1) is 0 Å². The molecular weight excluding hydrogens is 272 g/mol. The third kappa shape index (κ3) is 4.53. The number of carbonyl (C=O) groups is 1. The average Bonchev–Trinajstić information content (AvgIpc) is 2.89. The molecule has 2 N–H and O–H groups in total. The van der Waals surface area contributed by atoms with Crippen molar-refractivity contribution >= 4 is 5.91 Å². The maximum Gasteiger partial charge on any atom is 0.231 e. The van der Waals surface area contributed by atoms with E-state index in [1.807, 2.05) is 36.9 Å². The lowest BCUT2D eigenvalue weighted by Crippen LogP contribution is -2.39. The predicted molar refractivity (Wildman–Crippen MR) is 78.6 cm³/mol. The van der Waals surface area contributed by atoms with Crippen LogP contribution in [0.2, 0.25) is 0 Å². The molecular formula is C15H22N2O4. The van der Waals surface area contributed by atoms with Crippen molar-refractivity contribution in [2.45, 2.75) is 26.3 Å². The Kier molecular flexibility index (Phi) is 5.27. The first-order chi connectivity index (χ1) is 10.1. The van der Waals surface area contributed by atoms with Gasteiger partial charge in [-0.25, -0.2) is 0 Å². The summed E-state index contributed by atoms with van der Waals surface area (Å²) >= 11 is 0. The van der Waals surface area contributed by atoms with E-state index < -0.39 is 0 Å². The van der Waals surface area contributed by atoms with Gasteiger partial charge in [0.25, 0.3) is 0 Å². The van der Waals surface area contributed by atoms with Crippen molar-refractivity contribution in [3.63, 3.8) is 0 Å². The zero-order chi connectivity index (χ0) is 15.2. The standard InChI is InChI=1S/C15H22N2O4/c1-11(2)17(9-15(16)18)6-3-7-19-12-4-5-13-14(8-12)21-10-20-13/h4-5,8,11H,3,6-7,9-10H2,1-2H3,(H2,16,18). The molecule has 116 valence electrons. The van der Waals surface area contributed by atoms with Crippen molar-refractivity contribution in [2.24, 2.45) is 5.73 Å². The Morgan fingerprint density at radius 1 is 1.38 bits per heavy atom. The summed E-state index contributed by atoms with van der Waals surface area (Å²) in [6.45, 7) is 5.97. The molecule has 0 radical (unpaired) electrons. The van der Waals surface area contributed by atoms with E-state index in [0.717, 1.165) is 24.5 Å². The first-order valence-corrected chi connectivity index (χ1v) is 7.11. The summed E-state index contributed by atoms with van der Waals surface area (Å²) in [6.07, 6.45) is 0.819. The third-order valence-electron chi connectivity index (χ3n) is 3.29. The van der Waals surface area contributed by atoms with E-state index in [1.54, 1.807) is 0 Å². The molecule has 1 aliphatic heterocycles. The number of amides is 1. The van der Waals surface area contributed by atoms with E-state index in [0.29, 0.717) is 12.4 Å². The highest BCUT2D eigenvalue weighted by atomic mass is 16.7. The fraction of sp³-hybridized carbons (Fsp3) is 0.533. The van der Waals surface area contributed by atoms with Crippen LogP contribution in [0.25, 0.3) is 0 Å². The molecule has 0 saturated carbocycles. The largest absolute Gasteiger partial charge is 0.493 e. The summed E-state index contributed by atoms with van der Waals surface area (Å²) in [7, 11) is 0. The minimum Gasteiger partial charge on any atom is -0.493 e. The maximum absolute atomic E-state index is 11.0. The number of ether oxygens (including phenoxy) is 3. The van der Waals surface area contributed by atoms with Crippen LogP contribution < -0.4 is 19.9 Å². The summed E-state index contributed by atoms with van der Waals surface area (Å²) in [5.41, 5.74) is 5.24.